The summed E-state index contributed by atoms with van der Waals surface area (Å²) in [6.45, 7) is 3.17. The molecule has 0 saturated carbocycles. The molecule has 0 fully saturated rings. The maximum absolute atomic E-state index is 3.19. The Balaban J connectivity index is 2.22. The number of hydrogen-bond donors (Lipinski definition) is 1. The van der Waals surface area contributed by atoms with E-state index in [0.717, 1.165) is 6.54 Å². The van der Waals surface area contributed by atoms with E-state index in [9.17, 15) is 0 Å². The summed E-state index contributed by atoms with van der Waals surface area (Å²) >= 11 is 1.83. The third kappa shape index (κ3) is 3.18. The minimum absolute atomic E-state index is 0.950. The zero-order valence-electron chi connectivity index (χ0n) is 10.5. The van der Waals surface area contributed by atoms with Crippen molar-refractivity contribution in [3.05, 3.63) is 46.8 Å². The Bertz CT molecular complexity index is 473. The lowest BCUT2D eigenvalue weighted by Crippen LogP contribution is -2.03. The van der Waals surface area contributed by atoms with Crippen molar-refractivity contribution in [3.8, 4) is 10.4 Å². The van der Waals surface area contributed by atoms with Gasteiger partial charge in [0.2, 0.25) is 0 Å². The second kappa shape index (κ2) is 5.99. The van der Waals surface area contributed by atoms with Crippen molar-refractivity contribution < 1.29 is 0 Å². The van der Waals surface area contributed by atoms with Crippen molar-refractivity contribution in [1.29, 1.82) is 0 Å². The van der Waals surface area contributed by atoms with Crippen LogP contribution in [-0.4, -0.2) is 7.05 Å². The molecule has 0 bridgehead atoms. The Morgan fingerprint density at radius 3 is 2.82 bits per heavy atom. The van der Waals surface area contributed by atoms with Gasteiger partial charge in [-0.25, -0.2) is 0 Å². The van der Waals surface area contributed by atoms with Gasteiger partial charge in [0.05, 0.1) is 0 Å². The molecule has 0 saturated heterocycles. The van der Waals surface area contributed by atoms with Crippen LogP contribution >= 0.6 is 11.3 Å². The fourth-order valence-electron chi connectivity index (χ4n) is 1.99. The molecule has 90 valence electrons. The SMILES string of the molecule is CCCc1cccc(-c2cc(CNC)cs2)c1. The molecule has 0 aliphatic heterocycles. The Kier molecular flexibility index (Phi) is 4.35. The third-order valence-corrected chi connectivity index (χ3v) is 3.81. The zero-order chi connectivity index (χ0) is 12.1. The second-order valence-electron chi connectivity index (χ2n) is 4.30. The highest BCUT2D eigenvalue weighted by atomic mass is 32.1. The fourth-order valence-corrected chi connectivity index (χ4v) is 2.90. The quantitative estimate of drug-likeness (QED) is 0.836. The van der Waals surface area contributed by atoms with Crippen molar-refractivity contribution in [1.82, 2.24) is 5.32 Å². The van der Waals surface area contributed by atoms with E-state index < -0.39 is 0 Å². The van der Waals surface area contributed by atoms with Gasteiger partial charge >= 0.3 is 0 Å². The predicted molar refractivity (Wildman–Crippen MR) is 76.5 cm³/mol. The van der Waals surface area contributed by atoms with Crippen LogP contribution in [0.3, 0.4) is 0 Å². The van der Waals surface area contributed by atoms with E-state index in [1.54, 1.807) is 0 Å². The lowest BCUT2D eigenvalue weighted by molar-refractivity contribution is 0.821. The molecule has 0 unspecified atom stereocenters. The van der Waals surface area contributed by atoms with Crippen LogP contribution in [-0.2, 0) is 13.0 Å². The van der Waals surface area contributed by atoms with Gasteiger partial charge in [0, 0.05) is 11.4 Å². The first-order valence-electron chi connectivity index (χ1n) is 6.14. The van der Waals surface area contributed by atoms with Crippen LogP contribution in [0.15, 0.2) is 35.7 Å². The van der Waals surface area contributed by atoms with E-state index in [2.05, 4.69) is 48.0 Å². The van der Waals surface area contributed by atoms with Crippen LogP contribution in [0.5, 0.6) is 0 Å². The molecule has 2 aromatic rings. The van der Waals surface area contributed by atoms with Crippen LogP contribution in [0.4, 0.5) is 0 Å². The van der Waals surface area contributed by atoms with Gasteiger partial charge in [0.15, 0.2) is 0 Å². The van der Waals surface area contributed by atoms with Gasteiger partial charge in [-0.05, 0) is 41.6 Å². The van der Waals surface area contributed by atoms with E-state index in [1.165, 1.54) is 34.4 Å². The molecular formula is C15H19NS. The smallest absolute Gasteiger partial charge is 0.0346 e. The molecular weight excluding hydrogens is 226 g/mol. The lowest BCUT2D eigenvalue weighted by Gasteiger charge is -2.02. The summed E-state index contributed by atoms with van der Waals surface area (Å²) in [6.07, 6.45) is 2.38. The lowest BCUT2D eigenvalue weighted by atomic mass is 10.1. The number of thiophene rings is 1. The van der Waals surface area contributed by atoms with Gasteiger partial charge in [-0.3, -0.25) is 0 Å². The summed E-state index contributed by atoms with van der Waals surface area (Å²) in [7, 11) is 1.99. The molecule has 17 heavy (non-hydrogen) atoms. The van der Waals surface area contributed by atoms with E-state index >= 15 is 0 Å². The first-order valence-corrected chi connectivity index (χ1v) is 7.02. The highest BCUT2D eigenvalue weighted by Crippen LogP contribution is 2.28. The molecule has 1 N–H and O–H groups in total. The van der Waals surface area contributed by atoms with Crippen LogP contribution in [0.2, 0.25) is 0 Å². The van der Waals surface area contributed by atoms with Crippen LogP contribution < -0.4 is 5.32 Å². The van der Waals surface area contributed by atoms with Crippen LogP contribution in [0.1, 0.15) is 24.5 Å². The molecule has 0 amide bonds. The Labute approximate surface area is 108 Å². The largest absolute Gasteiger partial charge is 0.316 e. The Morgan fingerprint density at radius 2 is 2.06 bits per heavy atom. The first kappa shape index (κ1) is 12.3. The van der Waals surface area contributed by atoms with Crippen molar-refractivity contribution in [2.24, 2.45) is 0 Å². The molecule has 1 heterocycles. The van der Waals surface area contributed by atoms with Crippen molar-refractivity contribution in [3.63, 3.8) is 0 Å². The van der Waals surface area contributed by atoms with Gasteiger partial charge in [0.1, 0.15) is 0 Å². The maximum Gasteiger partial charge on any atom is 0.0346 e. The van der Waals surface area contributed by atoms with Gasteiger partial charge in [-0.15, -0.1) is 11.3 Å². The molecule has 1 aromatic heterocycles. The molecule has 0 aliphatic carbocycles. The molecule has 2 rings (SSSR count). The molecule has 1 aromatic carbocycles. The monoisotopic (exact) mass is 245 g/mol. The molecule has 0 spiro atoms. The van der Waals surface area contributed by atoms with Gasteiger partial charge in [-0.1, -0.05) is 37.6 Å². The summed E-state index contributed by atoms with van der Waals surface area (Å²) < 4.78 is 0. The van der Waals surface area contributed by atoms with Crippen molar-refractivity contribution in [2.75, 3.05) is 7.05 Å². The van der Waals surface area contributed by atoms with Gasteiger partial charge < -0.3 is 5.32 Å². The molecule has 0 aliphatic rings. The highest BCUT2D eigenvalue weighted by Gasteiger charge is 2.03. The maximum atomic E-state index is 3.19. The average molecular weight is 245 g/mol. The second-order valence-corrected chi connectivity index (χ2v) is 5.21. The van der Waals surface area contributed by atoms with Gasteiger partial charge in [-0.2, -0.15) is 0 Å². The van der Waals surface area contributed by atoms with Gasteiger partial charge in [0.25, 0.3) is 0 Å². The summed E-state index contributed by atoms with van der Waals surface area (Å²) in [5, 5.41) is 5.42. The summed E-state index contributed by atoms with van der Waals surface area (Å²) in [6, 6.07) is 11.2. The number of nitrogens with one attached hydrogen (secondary N) is 1. The van der Waals surface area contributed by atoms with E-state index in [1.807, 2.05) is 18.4 Å². The topological polar surface area (TPSA) is 12.0 Å². The standard InChI is InChI=1S/C15H19NS/c1-3-5-12-6-4-7-14(8-12)15-9-13(10-16-2)11-17-15/h4,6-9,11,16H,3,5,10H2,1-2H3. The number of rotatable bonds is 5. The van der Waals surface area contributed by atoms with Crippen LogP contribution in [0, 0.1) is 0 Å². The van der Waals surface area contributed by atoms with Crippen LogP contribution in [0.25, 0.3) is 10.4 Å². The van der Waals surface area contributed by atoms with E-state index in [-0.39, 0.29) is 0 Å². The minimum Gasteiger partial charge on any atom is -0.316 e. The number of benzene rings is 1. The van der Waals surface area contributed by atoms with E-state index in [0.29, 0.717) is 0 Å². The molecule has 0 atom stereocenters. The van der Waals surface area contributed by atoms with E-state index in [4.69, 9.17) is 0 Å². The third-order valence-electron chi connectivity index (χ3n) is 2.78. The summed E-state index contributed by atoms with van der Waals surface area (Å²) in [5.41, 5.74) is 4.16. The normalized spacial score (nSPS) is 10.7. The van der Waals surface area contributed by atoms with Crippen molar-refractivity contribution in [2.45, 2.75) is 26.3 Å². The fraction of sp³-hybridized carbons (Fsp3) is 0.333. The highest BCUT2D eigenvalue weighted by molar-refractivity contribution is 7.13. The molecule has 2 heteroatoms. The predicted octanol–water partition coefficient (Wildman–Crippen LogP) is 4.09. The summed E-state index contributed by atoms with van der Waals surface area (Å²) in [4.78, 5) is 1.37. The molecule has 0 radical (unpaired) electrons. The average Bonchev–Trinajstić information content (AvgIpc) is 2.79. The molecule has 1 nitrogen and oxygen atoms in total. The summed E-state index contributed by atoms with van der Waals surface area (Å²) in [5.74, 6) is 0. The number of aryl methyl sites for hydroxylation is 1. The first-order chi connectivity index (χ1) is 8.33. The Morgan fingerprint density at radius 1 is 1.18 bits per heavy atom. The number of hydrogen-bond acceptors (Lipinski definition) is 2. The Hall–Kier alpha value is -1.12. The minimum atomic E-state index is 0.950. The zero-order valence-corrected chi connectivity index (χ0v) is 11.3. The van der Waals surface area contributed by atoms with Crippen molar-refractivity contribution >= 4 is 11.3 Å².